The molecule has 0 saturated carbocycles. The van der Waals surface area contributed by atoms with Gasteiger partial charge in [0.05, 0.1) is 17.4 Å². The van der Waals surface area contributed by atoms with Crippen molar-refractivity contribution in [2.45, 2.75) is 33.8 Å². The van der Waals surface area contributed by atoms with E-state index >= 15 is 0 Å². The molecule has 6 nitrogen and oxygen atoms in total. The number of nitrogens with one attached hydrogen (secondary N) is 1. The smallest absolute Gasteiger partial charge is 0.338 e. The minimum absolute atomic E-state index is 0.229. The number of hydrogen-bond acceptors (Lipinski definition) is 4. The van der Waals surface area contributed by atoms with Crippen LogP contribution in [0.15, 0.2) is 33.9 Å². The number of benzene rings is 1. The van der Waals surface area contributed by atoms with E-state index in [0.717, 1.165) is 5.56 Å². The Bertz CT molecular complexity index is 831. The molecule has 1 aromatic carbocycles. The number of esters is 1. The van der Waals surface area contributed by atoms with Gasteiger partial charge in [-0.25, -0.2) is 9.59 Å². The van der Waals surface area contributed by atoms with E-state index in [9.17, 15) is 14.4 Å². The van der Waals surface area contributed by atoms with Crippen molar-refractivity contribution < 1.29 is 9.53 Å². The maximum absolute atomic E-state index is 12.1. The Morgan fingerprint density at radius 2 is 1.86 bits per heavy atom. The molecule has 22 heavy (non-hydrogen) atoms. The molecule has 0 saturated heterocycles. The molecular weight excluding hydrogens is 284 g/mol. The number of aryl methyl sites for hydroxylation is 2. The number of carbonyl (C=O) groups is 1. The zero-order valence-electron chi connectivity index (χ0n) is 13.0. The zero-order valence-corrected chi connectivity index (χ0v) is 13.0. The van der Waals surface area contributed by atoms with E-state index in [2.05, 4.69) is 4.98 Å². The molecular formula is C16H18N2O4. The minimum Gasteiger partial charge on any atom is -0.459 e. The molecule has 2 aromatic rings. The Labute approximate surface area is 127 Å². The molecule has 1 heterocycles. The van der Waals surface area contributed by atoms with E-state index in [4.69, 9.17) is 4.74 Å². The highest BCUT2D eigenvalue weighted by Gasteiger charge is 2.14. The van der Waals surface area contributed by atoms with Gasteiger partial charge in [0.25, 0.3) is 5.56 Å². The predicted octanol–water partition coefficient (Wildman–Crippen LogP) is 1.71. The van der Waals surface area contributed by atoms with Crippen LogP contribution < -0.4 is 11.2 Å². The van der Waals surface area contributed by atoms with Crippen LogP contribution in [-0.4, -0.2) is 21.6 Å². The number of aromatic nitrogens is 2. The average Bonchev–Trinajstić information content (AvgIpc) is 2.38. The van der Waals surface area contributed by atoms with Crippen LogP contribution in [0, 0.1) is 13.8 Å². The number of aromatic amines is 1. The van der Waals surface area contributed by atoms with Crippen molar-refractivity contribution in [2.75, 3.05) is 0 Å². The quantitative estimate of drug-likeness (QED) is 0.875. The first-order chi connectivity index (χ1) is 10.3. The van der Waals surface area contributed by atoms with Crippen molar-refractivity contribution in [1.29, 1.82) is 0 Å². The second-order valence-corrected chi connectivity index (χ2v) is 5.37. The fraction of sp³-hybridized carbons (Fsp3) is 0.312. The van der Waals surface area contributed by atoms with Crippen molar-refractivity contribution in [1.82, 2.24) is 9.55 Å². The van der Waals surface area contributed by atoms with E-state index < -0.39 is 17.2 Å². The van der Waals surface area contributed by atoms with Gasteiger partial charge < -0.3 is 4.74 Å². The second-order valence-electron chi connectivity index (χ2n) is 5.37. The van der Waals surface area contributed by atoms with Crippen LogP contribution in [0.4, 0.5) is 0 Å². The van der Waals surface area contributed by atoms with Gasteiger partial charge in [-0.05, 0) is 45.4 Å². The first-order valence-electron chi connectivity index (χ1n) is 6.94. The van der Waals surface area contributed by atoms with Gasteiger partial charge in [0, 0.05) is 11.8 Å². The molecule has 0 atom stereocenters. The summed E-state index contributed by atoms with van der Waals surface area (Å²) in [5, 5.41) is 0. The monoisotopic (exact) mass is 302 g/mol. The van der Waals surface area contributed by atoms with E-state index in [1.54, 1.807) is 45.9 Å². The highest BCUT2D eigenvalue weighted by molar-refractivity contribution is 5.91. The topological polar surface area (TPSA) is 81.2 Å². The van der Waals surface area contributed by atoms with Crippen LogP contribution in [0.3, 0.4) is 0 Å². The minimum atomic E-state index is -0.544. The van der Waals surface area contributed by atoms with E-state index in [0.29, 0.717) is 16.9 Å². The Morgan fingerprint density at radius 1 is 1.18 bits per heavy atom. The molecule has 0 aliphatic carbocycles. The summed E-state index contributed by atoms with van der Waals surface area (Å²) in [5.74, 6) is -0.440. The maximum Gasteiger partial charge on any atom is 0.338 e. The number of ether oxygens (including phenoxy) is 1. The van der Waals surface area contributed by atoms with Gasteiger partial charge in [0.2, 0.25) is 0 Å². The molecule has 2 rings (SSSR count). The fourth-order valence-corrected chi connectivity index (χ4v) is 2.18. The number of H-pyrrole nitrogens is 1. The van der Waals surface area contributed by atoms with Gasteiger partial charge in [0.1, 0.15) is 0 Å². The van der Waals surface area contributed by atoms with Crippen molar-refractivity contribution in [3.8, 4) is 5.69 Å². The Kier molecular flexibility index (Phi) is 4.30. The SMILES string of the molecule is Cc1ccc(-n2c(C)cc(=O)[nH]c2=O)cc1C(=O)OC(C)C. The molecule has 0 unspecified atom stereocenters. The second kappa shape index (κ2) is 6.01. The van der Waals surface area contributed by atoms with Gasteiger partial charge >= 0.3 is 11.7 Å². The van der Waals surface area contributed by atoms with Gasteiger partial charge in [0.15, 0.2) is 0 Å². The van der Waals surface area contributed by atoms with Gasteiger partial charge in [-0.2, -0.15) is 0 Å². The summed E-state index contributed by atoms with van der Waals surface area (Å²) in [6, 6.07) is 6.37. The Balaban J connectivity index is 2.58. The molecule has 1 N–H and O–H groups in total. The van der Waals surface area contributed by atoms with Crippen LogP contribution in [0.1, 0.15) is 35.5 Å². The lowest BCUT2D eigenvalue weighted by molar-refractivity contribution is 0.0377. The third-order valence-corrected chi connectivity index (χ3v) is 3.17. The van der Waals surface area contributed by atoms with Gasteiger partial charge in [-0.1, -0.05) is 6.07 Å². The predicted molar refractivity (Wildman–Crippen MR) is 82.7 cm³/mol. The normalized spacial score (nSPS) is 10.8. The number of hydrogen-bond donors (Lipinski definition) is 1. The van der Waals surface area contributed by atoms with Crippen molar-refractivity contribution in [2.24, 2.45) is 0 Å². The molecule has 0 aliphatic rings. The van der Waals surface area contributed by atoms with Gasteiger partial charge in [-0.15, -0.1) is 0 Å². The lowest BCUT2D eigenvalue weighted by Crippen LogP contribution is -2.30. The lowest BCUT2D eigenvalue weighted by Gasteiger charge is -2.13. The largest absolute Gasteiger partial charge is 0.459 e. The van der Waals surface area contributed by atoms with Crippen LogP contribution in [0.2, 0.25) is 0 Å². The molecule has 0 fully saturated rings. The van der Waals surface area contributed by atoms with Crippen LogP contribution in [0.5, 0.6) is 0 Å². The molecule has 0 aliphatic heterocycles. The standard InChI is InChI=1S/C16H18N2O4/c1-9(2)22-15(20)13-8-12(6-5-10(13)3)18-11(4)7-14(19)17-16(18)21/h5-9H,1-4H3,(H,17,19,21). The summed E-state index contributed by atoms with van der Waals surface area (Å²) >= 11 is 0. The average molecular weight is 302 g/mol. The molecule has 0 radical (unpaired) electrons. The number of carbonyl (C=O) groups excluding carboxylic acids is 1. The maximum atomic E-state index is 12.1. The number of rotatable bonds is 3. The lowest BCUT2D eigenvalue weighted by atomic mass is 10.1. The summed E-state index contributed by atoms with van der Waals surface area (Å²) in [5.41, 5.74) is 1.14. The van der Waals surface area contributed by atoms with Gasteiger partial charge in [-0.3, -0.25) is 14.3 Å². The molecule has 6 heteroatoms. The molecule has 0 amide bonds. The van der Waals surface area contributed by atoms with Crippen molar-refractivity contribution >= 4 is 5.97 Å². The Morgan fingerprint density at radius 3 is 2.45 bits per heavy atom. The molecule has 116 valence electrons. The van der Waals surface area contributed by atoms with Crippen molar-refractivity contribution in [3.05, 3.63) is 61.9 Å². The highest BCUT2D eigenvalue weighted by atomic mass is 16.5. The van der Waals surface area contributed by atoms with E-state index in [1.807, 2.05) is 0 Å². The fourth-order valence-electron chi connectivity index (χ4n) is 2.18. The zero-order chi connectivity index (χ0) is 16.4. The molecule has 0 spiro atoms. The van der Waals surface area contributed by atoms with Crippen molar-refractivity contribution in [3.63, 3.8) is 0 Å². The summed E-state index contributed by atoms with van der Waals surface area (Å²) in [6.45, 7) is 6.99. The Hall–Kier alpha value is -2.63. The number of nitrogens with zero attached hydrogens (tertiary/aromatic N) is 1. The molecule has 1 aromatic heterocycles. The van der Waals surface area contributed by atoms with E-state index in [-0.39, 0.29) is 6.10 Å². The first-order valence-corrected chi connectivity index (χ1v) is 6.94. The van der Waals surface area contributed by atoms with Crippen LogP contribution in [-0.2, 0) is 4.74 Å². The summed E-state index contributed by atoms with van der Waals surface area (Å²) in [6.07, 6.45) is -0.229. The first kappa shape index (κ1) is 15.8. The van der Waals surface area contributed by atoms with E-state index in [1.165, 1.54) is 10.6 Å². The molecule has 0 bridgehead atoms. The highest BCUT2D eigenvalue weighted by Crippen LogP contribution is 2.16. The third-order valence-electron chi connectivity index (χ3n) is 3.17. The third kappa shape index (κ3) is 3.16. The van der Waals surface area contributed by atoms with Crippen LogP contribution >= 0.6 is 0 Å². The summed E-state index contributed by atoms with van der Waals surface area (Å²) in [7, 11) is 0. The summed E-state index contributed by atoms with van der Waals surface area (Å²) < 4.78 is 6.54. The van der Waals surface area contributed by atoms with Crippen LogP contribution in [0.25, 0.3) is 5.69 Å². The summed E-state index contributed by atoms with van der Waals surface area (Å²) in [4.78, 5) is 37.6.